The van der Waals surface area contributed by atoms with Crippen molar-refractivity contribution >= 4 is 11.9 Å². The van der Waals surface area contributed by atoms with Gasteiger partial charge in [0.2, 0.25) is 5.91 Å². The maximum absolute atomic E-state index is 11.9. The molecular weight excluding hydrogens is 306 g/mol. The second-order valence-corrected chi connectivity index (χ2v) is 6.57. The smallest absolute Gasteiger partial charge is 0.315 e. The van der Waals surface area contributed by atoms with Gasteiger partial charge in [-0.3, -0.25) is 4.79 Å². The van der Waals surface area contributed by atoms with E-state index >= 15 is 0 Å². The normalized spacial score (nSPS) is 16.4. The molecule has 6 nitrogen and oxygen atoms in total. The van der Waals surface area contributed by atoms with Crippen LogP contribution in [0.4, 0.5) is 4.79 Å². The number of nitrogens with one attached hydrogen (secondary N) is 3. The zero-order valence-electron chi connectivity index (χ0n) is 14.5. The predicted molar refractivity (Wildman–Crippen MR) is 92.7 cm³/mol. The van der Waals surface area contributed by atoms with E-state index in [1.54, 1.807) is 6.26 Å². The summed E-state index contributed by atoms with van der Waals surface area (Å²) in [6, 6.07) is 4.00. The van der Waals surface area contributed by atoms with Gasteiger partial charge in [-0.05, 0) is 38.3 Å². The van der Waals surface area contributed by atoms with Crippen molar-refractivity contribution in [2.45, 2.75) is 70.4 Å². The Morgan fingerprint density at radius 1 is 1.29 bits per heavy atom. The molecule has 134 valence electrons. The first-order valence-corrected chi connectivity index (χ1v) is 8.99. The van der Waals surface area contributed by atoms with Crippen molar-refractivity contribution < 1.29 is 14.0 Å². The van der Waals surface area contributed by atoms with Crippen molar-refractivity contribution in [3.8, 4) is 0 Å². The summed E-state index contributed by atoms with van der Waals surface area (Å²) in [4.78, 5) is 23.7. The number of furan rings is 1. The van der Waals surface area contributed by atoms with E-state index in [4.69, 9.17) is 4.42 Å². The van der Waals surface area contributed by atoms with Gasteiger partial charge in [0.1, 0.15) is 5.76 Å². The Morgan fingerprint density at radius 3 is 2.79 bits per heavy atom. The monoisotopic (exact) mass is 335 g/mol. The Labute approximate surface area is 143 Å². The molecule has 1 unspecified atom stereocenters. The van der Waals surface area contributed by atoms with Crippen LogP contribution < -0.4 is 16.0 Å². The molecular formula is C18H29N3O3. The third-order valence-corrected chi connectivity index (χ3v) is 4.39. The molecule has 2 rings (SSSR count). The molecule has 1 heterocycles. The van der Waals surface area contributed by atoms with Crippen LogP contribution in [0.1, 0.15) is 57.6 Å². The second kappa shape index (κ2) is 10.0. The zero-order valence-corrected chi connectivity index (χ0v) is 14.5. The molecule has 1 fully saturated rings. The molecule has 1 aromatic heterocycles. The molecule has 1 aromatic rings. The van der Waals surface area contributed by atoms with Gasteiger partial charge in [-0.25, -0.2) is 4.79 Å². The van der Waals surface area contributed by atoms with Gasteiger partial charge in [0.05, 0.1) is 6.26 Å². The maximum Gasteiger partial charge on any atom is 0.315 e. The van der Waals surface area contributed by atoms with Crippen LogP contribution in [0.5, 0.6) is 0 Å². The predicted octanol–water partition coefficient (Wildman–Crippen LogP) is 2.74. The minimum Gasteiger partial charge on any atom is -0.469 e. The minimum absolute atomic E-state index is 0.0417. The fraction of sp³-hybridized carbons (Fsp3) is 0.667. The number of aryl methyl sites for hydroxylation is 1. The van der Waals surface area contributed by atoms with Crippen molar-refractivity contribution in [3.63, 3.8) is 0 Å². The standard InChI is InChI=1S/C18H29N3O3/c1-14(9-10-16-8-5-13-24-16)20-17(22)11-12-19-18(23)21-15-6-3-2-4-7-15/h5,8,13-15H,2-4,6-7,9-12H2,1H3,(H,20,22)(H2,19,21,23). The molecule has 1 saturated carbocycles. The molecule has 0 bridgehead atoms. The number of carbonyl (C=O) groups is 2. The van der Waals surface area contributed by atoms with E-state index in [1.807, 2.05) is 19.1 Å². The van der Waals surface area contributed by atoms with Crippen LogP contribution in [0.15, 0.2) is 22.8 Å². The lowest BCUT2D eigenvalue weighted by atomic mass is 9.96. The Bertz CT molecular complexity index is 496. The maximum atomic E-state index is 11.9. The lowest BCUT2D eigenvalue weighted by Gasteiger charge is -2.22. The minimum atomic E-state index is -0.166. The molecule has 3 amide bonds. The lowest BCUT2D eigenvalue weighted by Crippen LogP contribution is -2.44. The molecule has 6 heteroatoms. The highest BCUT2D eigenvalue weighted by atomic mass is 16.3. The third-order valence-electron chi connectivity index (χ3n) is 4.39. The average molecular weight is 335 g/mol. The molecule has 0 aromatic carbocycles. The SMILES string of the molecule is CC(CCc1ccco1)NC(=O)CCNC(=O)NC1CCCCC1. The Morgan fingerprint density at radius 2 is 2.08 bits per heavy atom. The topological polar surface area (TPSA) is 83.4 Å². The summed E-state index contributed by atoms with van der Waals surface area (Å²) >= 11 is 0. The molecule has 24 heavy (non-hydrogen) atoms. The van der Waals surface area contributed by atoms with Crippen molar-refractivity contribution in [3.05, 3.63) is 24.2 Å². The molecule has 0 saturated heterocycles. The average Bonchev–Trinajstić information content (AvgIpc) is 3.07. The van der Waals surface area contributed by atoms with E-state index in [2.05, 4.69) is 16.0 Å². The van der Waals surface area contributed by atoms with Gasteiger partial charge in [-0.2, -0.15) is 0 Å². The van der Waals surface area contributed by atoms with E-state index in [0.717, 1.165) is 31.4 Å². The fourth-order valence-corrected chi connectivity index (χ4v) is 3.01. The van der Waals surface area contributed by atoms with Crippen molar-refractivity contribution in [2.24, 2.45) is 0 Å². The van der Waals surface area contributed by atoms with E-state index in [0.29, 0.717) is 13.0 Å². The van der Waals surface area contributed by atoms with Crippen molar-refractivity contribution in [1.29, 1.82) is 0 Å². The van der Waals surface area contributed by atoms with Crippen LogP contribution in [0.2, 0.25) is 0 Å². The van der Waals surface area contributed by atoms with Gasteiger partial charge < -0.3 is 20.4 Å². The number of hydrogen-bond acceptors (Lipinski definition) is 3. The van der Waals surface area contributed by atoms with Crippen LogP contribution in [0, 0.1) is 0 Å². The molecule has 0 radical (unpaired) electrons. The molecule has 0 aliphatic heterocycles. The van der Waals surface area contributed by atoms with Gasteiger partial charge in [0.15, 0.2) is 0 Å². The number of hydrogen-bond donors (Lipinski definition) is 3. The van der Waals surface area contributed by atoms with E-state index in [9.17, 15) is 9.59 Å². The molecule has 1 aliphatic carbocycles. The summed E-state index contributed by atoms with van der Waals surface area (Å²) in [5, 5.41) is 8.68. The van der Waals surface area contributed by atoms with Gasteiger partial charge in [0.25, 0.3) is 0 Å². The lowest BCUT2D eigenvalue weighted by molar-refractivity contribution is -0.121. The van der Waals surface area contributed by atoms with Crippen molar-refractivity contribution in [2.75, 3.05) is 6.54 Å². The Hall–Kier alpha value is -1.98. The Balaban J connectivity index is 1.52. The number of rotatable bonds is 8. The first-order chi connectivity index (χ1) is 11.6. The highest BCUT2D eigenvalue weighted by molar-refractivity contribution is 5.78. The van der Waals surface area contributed by atoms with Crippen LogP contribution >= 0.6 is 0 Å². The summed E-state index contributed by atoms with van der Waals surface area (Å²) in [5.74, 6) is 0.886. The third kappa shape index (κ3) is 7.06. The van der Waals surface area contributed by atoms with Crippen LogP contribution in [-0.2, 0) is 11.2 Å². The zero-order chi connectivity index (χ0) is 17.2. The van der Waals surface area contributed by atoms with E-state index < -0.39 is 0 Å². The summed E-state index contributed by atoms with van der Waals surface area (Å²) < 4.78 is 5.28. The van der Waals surface area contributed by atoms with Gasteiger partial charge in [0, 0.05) is 31.5 Å². The highest BCUT2D eigenvalue weighted by Crippen LogP contribution is 2.17. The van der Waals surface area contributed by atoms with Crippen LogP contribution in [0.25, 0.3) is 0 Å². The number of amides is 3. The fourth-order valence-electron chi connectivity index (χ4n) is 3.01. The number of carbonyl (C=O) groups excluding carboxylic acids is 2. The summed E-state index contributed by atoms with van der Waals surface area (Å²) in [5.41, 5.74) is 0. The first kappa shape index (κ1) is 18.4. The van der Waals surface area contributed by atoms with Gasteiger partial charge in [-0.1, -0.05) is 19.3 Å². The van der Waals surface area contributed by atoms with Gasteiger partial charge >= 0.3 is 6.03 Å². The first-order valence-electron chi connectivity index (χ1n) is 8.99. The largest absolute Gasteiger partial charge is 0.469 e. The summed E-state index contributed by atoms with van der Waals surface area (Å²) in [7, 11) is 0. The van der Waals surface area contributed by atoms with Gasteiger partial charge in [-0.15, -0.1) is 0 Å². The Kier molecular flexibility index (Phi) is 7.65. The van der Waals surface area contributed by atoms with E-state index in [-0.39, 0.29) is 24.0 Å². The van der Waals surface area contributed by atoms with E-state index in [1.165, 1.54) is 19.3 Å². The summed E-state index contributed by atoms with van der Waals surface area (Å²) in [6.45, 7) is 2.33. The molecule has 0 spiro atoms. The quantitative estimate of drug-likeness (QED) is 0.683. The molecule has 1 aliphatic rings. The molecule has 1 atom stereocenters. The van der Waals surface area contributed by atoms with Crippen LogP contribution in [0.3, 0.4) is 0 Å². The highest BCUT2D eigenvalue weighted by Gasteiger charge is 2.15. The second-order valence-electron chi connectivity index (χ2n) is 6.57. The van der Waals surface area contributed by atoms with Crippen LogP contribution in [-0.4, -0.2) is 30.6 Å². The molecule has 3 N–H and O–H groups in total. The summed E-state index contributed by atoms with van der Waals surface area (Å²) in [6.07, 6.45) is 9.32. The number of urea groups is 1. The van der Waals surface area contributed by atoms with Crippen molar-refractivity contribution in [1.82, 2.24) is 16.0 Å².